The summed E-state index contributed by atoms with van der Waals surface area (Å²) in [5.41, 5.74) is 0.594. The SMILES string of the molecule is CCCCN1CCCC[C@H]1CNC(=O)c1ccnc(-n2cncn2)c1. The minimum Gasteiger partial charge on any atom is -0.350 e. The van der Waals surface area contributed by atoms with Crippen LogP contribution < -0.4 is 5.32 Å². The summed E-state index contributed by atoms with van der Waals surface area (Å²) >= 11 is 0. The summed E-state index contributed by atoms with van der Waals surface area (Å²) in [7, 11) is 0. The van der Waals surface area contributed by atoms with Crippen molar-refractivity contribution in [3.05, 3.63) is 36.5 Å². The predicted octanol–water partition coefficient (Wildman–Crippen LogP) is 2.05. The summed E-state index contributed by atoms with van der Waals surface area (Å²) in [6.45, 7) is 5.19. The van der Waals surface area contributed by atoms with E-state index in [4.69, 9.17) is 0 Å². The van der Waals surface area contributed by atoms with Crippen LogP contribution in [0.4, 0.5) is 0 Å². The molecule has 134 valence electrons. The van der Waals surface area contributed by atoms with Crippen molar-refractivity contribution >= 4 is 5.91 Å². The monoisotopic (exact) mass is 342 g/mol. The lowest BCUT2D eigenvalue weighted by Gasteiger charge is -2.35. The number of carbonyl (C=O) groups is 1. The Morgan fingerprint density at radius 1 is 1.40 bits per heavy atom. The molecule has 0 spiro atoms. The van der Waals surface area contributed by atoms with E-state index in [1.807, 2.05) is 0 Å². The van der Waals surface area contributed by atoms with Gasteiger partial charge in [0, 0.05) is 24.3 Å². The lowest BCUT2D eigenvalue weighted by Crippen LogP contribution is -2.47. The first-order valence-electron chi connectivity index (χ1n) is 9.11. The van der Waals surface area contributed by atoms with Gasteiger partial charge in [-0.2, -0.15) is 5.10 Å². The van der Waals surface area contributed by atoms with Crippen LogP contribution in [0.15, 0.2) is 31.0 Å². The van der Waals surface area contributed by atoms with E-state index in [9.17, 15) is 4.79 Å². The van der Waals surface area contributed by atoms with Crippen molar-refractivity contribution in [1.29, 1.82) is 0 Å². The molecular formula is C18H26N6O. The highest BCUT2D eigenvalue weighted by molar-refractivity contribution is 5.94. The first kappa shape index (κ1) is 17.5. The van der Waals surface area contributed by atoms with Gasteiger partial charge in [0.1, 0.15) is 12.7 Å². The van der Waals surface area contributed by atoms with Crippen molar-refractivity contribution in [2.75, 3.05) is 19.6 Å². The summed E-state index contributed by atoms with van der Waals surface area (Å²) < 4.78 is 1.55. The summed E-state index contributed by atoms with van der Waals surface area (Å²) in [4.78, 5) is 23.2. The van der Waals surface area contributed by atoms with Crippen LogP contribution in [0.3, 0.4) is 0 Å². The molecule has 0 aromatic carbocycles. The minimum absolute atomic E-state index is 0.0650. The Morgan fingerprint density at radius 2 is 2.32 bits per heavy atom. The van der Waals surface area contributed by atoms with Gasteiger partial charge >= 0.3 is 0 Å². The van der Waals surface area contributed by atoms with Crippen molar-refractivity contribution in [3.8, 4) is 5.82 Å². The lowest BCUT2D eigenvalue weighted by molar-refractivity contribution is 0.0912. The van der Waals surface area contributed by atoms with Crippen LogP contribution in [-0.2, 0) is 0 Å². The van der Waals surface area contributed by atoms with Crippen LogP contribution in [0, 0.1) is 0 Å². The largest absolute Gasteiger partial charge is 0.350 e. The number of amides is 1. The summed E-state index contributed by atoms with van der Waals surface area (Å²) in [5.74, 6) is 0.525. The van der Waals surface area contributed by atoms with Crippen molar-refractivity contribution < 1.29 is 4.79 Å². The van der Waals surface area contributed by atoms with Gasteiger partial charge in [0.15, 0.2) is 5.82 Å². The minimum atomic E-state index is -0.0650. The molecule has 25 heavy (non-hydrogen) atoms. The van der Waals surface area contributed by atoms with Crippen LogP contribution in [-0.4, -0.2) is 56.2 Å². The molecule has 3 rings (SSSR count). The average molecular weight is 342 g/mol. The van der Waals surface area contributed by atoms with Crippen molar-refractivity contribution in [2.45, 2.75) is 45.1 Å². The molecule has 2 aromatic rings. The number of unbranched alkanes of at least 4 members (excludes halogenated alkanes) is 1. The number of likely N-dealkylation sites (tertiary alicyclic amines) is 1. The van der Waals surface area contributed by atoms with E-state index in [-0.39, 0.29) is 5.91 Å². The quantitative estimate of drug-likeness (QED) is 0.833. The predicted molar refractivity (Wildman–Crippen MR) is 95.6 cm³/mol. The number of piperidine rings is 1. The molecule has 0 radical (unpaired) electrons. The van der Waals surface area contributed by atoms with Crippen molar-refractivity contribution in [2.24, 2.45) is 0 Å². The second kappa shape index (κ2) is 8.71. The third-order valence-electron chi connectivity index (χ3n) is 4.71. The van der Waals surface area contributed by atoms with Crippen LogP contribution in [0.5, 0.6) is 0 Å². The van der Waals surface area contributed by atoms with E-state index < -0.39 is 0 Å². The highest BCUT2D eigenvalue weighted by atomic mass is 16.1. The number of hydrogen-bond donors (Lipinski definition) is 1. The molecule has 1 amide bonds. The van der Waals surface area contributed by atoms with E-state index in [0.717, 1.165) is 19.5 Å². The second-order valence-electron chi connectivity index (χ2n) is 6.49. The zero-order valence-corrected chi connectivity index (χ0v) is 14.8. The Morgan fingerprint density at radius 3 is 3.12 bits per heavy atom. The number of nitrogens with one attached hydrogen (secondary N) is 1. The molecule has 1 aliphatic heterocycles. The number of carbonyl (C=O) groups excluding carboxylic acids is 1. The zero-order chi connectivity index (χ0) is 17.5. The van der Waals surface area contributed by atoms with Crippen LogP contribution in [0.1, 0.15) is 49.4 Å². The molecule has 2 aromatic heterocycles. The molecule has 7 heteroatoms. The van der Waals surface area contributed by atoms with Gasteiger partial charge in [-0.3, -0.25) is 9.69 Å². The maximum Gasteiger partial charge on any atom is 0.251 e. The normalized spacial score (nSPS) is 18.2. The Hall–Kier alpha value is -2.28. The summed E-state index contributed by atoms with van der Waals surface area (Å²) in [6, 6.07) is 3.91. The van der Waals surface area contributed by atoms with Gasteiger partial charge in [-0.25, -0.2) is 14.6 Å². The maximum absolute atomic E-state index is 12.5. The second-order valence-corrected chi connectivity index (χ2v) is 6.49. The number of nitrogens with zero attached hydrogens (tertiary/aromatic N) is 5. The highest BCUT2D eigenvalue weighted by Crippen LogP contribution is 2.17. The molecule has 1 saturated heterocycles. The first-order valence-corrected chi connectivity index (χ1v) is 9.11. The van der Waals surface area contributed by atoms with E-state index in [1.54, 1.807) is 29.3 Å². The third-order valence-corrected chi connectivity index (χ3v) is 4.71. The number of rotatable bonds is 7. The van der Waals surface area contributed by atoms with Crippen molar-refractivity contribution in [1.82, 2.24) is 30.0 Å². The highest BCUT2D eigenvalue weighted by Gasteiger charge is 2.22. The molecule has 0 aliphatic carbocycles. The Balaban J connectivity index is 1.59. The molecule has 1 fully saturated rings. The van der Waals surface area contributed by atoms with Gasteiger partial charge in [-0.15, -0.1) is 0 Å². The molecular weight excluding hydrogens is 316 g/mol. The van der Waals surface area contributed by atoms with E-state index in [0.29, 0.717) is 24.0 Å². The van der Waals surface area contributed by atoms with Crippen LogP contribution >= 0.6 is 0 Å². The topological polar surface area (TPSA) is 75.9 Å². The van der Waals surface area contributed by atoms with Crippen molar-refractivity contribution in [3.63, 3.8) is 0 Å². The fraction of sp³-hybridized carbons (Fsp3) is 0.556. The molecule has 0 bridgehead atoms. The third kappa shape index (κ3) is 4.63. The van der Waals surface area contributed by atoms with Crippen LogP contribution in [0.25, 0.3) is 5.82 Å². The first-order chi connectivity index (χ1) is 12.3. The van der Waals surface area contributed by atoms with E-state index >= 15 is 0 Å². The smallest absolute Gasteiger partial charge is 0.251 e. The number of pyridine rings is 1. The fourth-order valence-electron chi connectivity index (χ4n) is 3.27. The van der Waals surface area contributed by atoms with Gasteiger partial charge in [0.2, 0.25) is 0 Å². The van der Waals surface area contributed by atoms with Gasteiger partial charge in [0.05, 0.1) is 0 Å². The zero-order valence-electron chi connectivity index (χ0n) is 14.8. The summed E-state index contributed by atoms with van der Waals surface area (Å²) in [5, 5.41) is 7.14. The van der Waals surface area contributed by atoms with Crippen LogP contribution in [0.2, 0.25) is 0 Å². The molecule has 0 saturated carbocycles. The van der Waals surface area contributed by atoms with Gasteiger partial charge in [-0.1, -0.05) is 19.8 Å². The van der Waals surface area contributed by atoms with Gasteiger partial charge in [-0.05, 0) is 44.5 Å². The molecule has 3 heterocycles. The number of hydrogen-bond acceptors (Lipinski definition) is 5. The molecule has 0 unspecified atom stereocenters. The summed E-state index contributed by atoms with van der Waals surface area (Å²) in [6.07, 6.45) is 10.7. The maximum atomic E-state index is 12.5. The Bertz CT molecular complexity index is 672. The molecule has 1 aliphatic rings. The van der Waals surface area contributed by atoms with E-state index in [2.05, 4.69) is 32.2 Å². The Kier molecular flexibility index (Phi) is 6.11. The Labute approximate surface area is 148 Å². The lowest BCUT2D eigenvalue weighted by atomic mass is 10.0. The number of aromatic nitrogens is 4. The fourth-order valence-corrected chi connectivity index (χ4v) is 3.27. The molecule has 7 nitrogen and oxygen atoms in total. The van der Waals surface area contributed by atoms with Gasteiger partial charge in [0.25, 0.3) is 5.91 Å². The van der Waals surface area contributed by atoms with Gasteiger partial charge < -0.3 is 5.32 Å². The average Bonchev–Trinajstić information content (AvgIpc) is 3.20. The standard InChI is InChI=1S/C18H26N6O/c1-2-3-9-23-10-5-4-6-16(23)12-21-18(25)15-7-8-20-17(11-15)24-14-19-13-22-24/h7-8,11,13-14,16H,2-6,9-10,12H2,1H3,(H,21,25)/t16-/m0/s1. The van der Waals surface area contributed by atoms with E-state index in [1.165, 1.54) is 32.0 Å². The molecule has 1 atom stereocenters. The molecule has 1 N–H and O–H groups in total.